The lowest BCUT2D eigenvalue weighted by atomic mass is 9.96. The Hall–Kier alpha value is -3.48. The Balaban J connectivity index is 1.53. The van der Waals surface area contributed by atoms with E-state index >= 15 is 0 Å². The van der Waals surface area contributed by atoms with E-state index in [-0.39, 0.29) is 17.9 Å². The van der Waals surface area contributed by atoms with Gasteiger partial charge in [-0.3, -0.25) is 9.59 Å². The highest BCUT2D eigenvalue weighted by molar-refractivity contribution is 5.96. The lowest BCUT2D eigenvalue weighted by Crippen LogP contribution is -2.38. The van der Waals surface area contributed by atoms with E-state index in [0.29, 0.717) is 30.0 Å². The molecule has 2 amide bonds. The predicted octanol–water partition coefficient (Wildman–Crippen LogP) is 2.85. The molecule has 1 unspecified atom stereocenters. The van der Waals surface area contributed by atoms with Gasteiger partial charge in [0.25, 0.3) is 5.91 Å². The fourth-order valence-electron chi connectivity index (χ4n) is 3.67. The number of amides is 2. The van der Waals surface area contributed by atoms with Crippen molar-refractivity contribution in [2.75, 3.05) is 26.1 Å². The number of nitrogens with one attached hydrogen (secondary N) is 2. The zero-order valence-corrected chi connectivity index (χ0v) is 16.4. The zero-order chi connectivity index (χ0) is 20.4. The summed E-state index contributed by atoms with van der Waals surface area (Å²) in [5, 5.41) is 6.22. The molecule has 7 heteroatoms. The minimum Gasteiger partial charge on any atom is -0.493 e. The van der Waals surface area contributed by atoms with Crippen LogP contribution in [0.5, 0.6) is 11.5 Å². The summed E-state index contributed by atoms with van der Waals surface area (Å²) in [7, 11) is 3.11. The smallest absolute Gasteiger partial charge is 0.258 e. The molecule has 0 saturated carbocycles. The summed E-state index contributed by atoms with van der Waals surface area (Å²) in [5.74, 6) is 1.04. The highest BCUT2D eigenvalue weighted by Crippen LogP contribution is 2.30. The molecule has 0 aliphatic carbocycles. The Morgan fingerprint density at radius 1 is 1.07 bits per heavy atom. The average Bonchev–Trinajstić information content (AvgIpc) is 2.77. The number of methoxy groups -OCH3 is 2. The molecule has 2 aliphatic heterocycles. The molecule has 150 valence electrons. The Morgan fingerprint density at radius 2 is 1.90 bits per heavy atom. The highest BCUT2D eigenvalue weighted by Gasteiger charge is 2.24. The first-order chi connectivity index (χ1) is 14.1. The molecule has 4 rings (SSSR count). The van der Waals surface area contributed by atoms with E-state index in [1.807, 2.05) is 12.1 Å². The Kier molecular flexibility index (Phi) is 5.12. The van der Waals surface area contributed by atoms with Crippen molar-refractivity contribution in [3.63, 3.8) is 0 Å². The van der Waals surface area contributed by atoms with E-state index in [1.165, 1.54) is 0 Å². The van der Waals surface area contributed by atoms with E-state index < -0.39 is 0 Å². The third kappa shape index (κ3) is 3.76. The van der Waals surface area contributed by atoms with Crippen molar-refractivity contribution in [1.29, 1.82) is 0 Å². The van der Waals surface area contributed by atoms with Gasteiger partial charge in [-0.2, -0.15) is 0 Å². The summed E-state index contributed by atoms with van der Waals surface area (Å²) < 4.78 is 10.6. The molecule has 7 nitrogen and oxygen atoms in total. The molecule has 0 bridgehead atoms. The van der Waals surface area contributed by atoms with Gasteiger partial charge in [-0.15, -0.1) is 0 Å². The monoisotopic (exact) mass is 393 g/mol. The largest absolute Gasteiger partial charge is 0.493 e. The van der Waals surface area contributed by atoms with Crippen LogP contribution in [0.2, 0.25) is 0 Å². The first kappa shape index (κ1) is 18.9. The maximum absolute atomic E-state index is 13.0. The van der Waals surface area contributed by atoms with E-state index in [4.69, 9.17) is 9.47 Å². The standard InChI is InChI=1S/C22H23N3O4/c1-28-19-7-4-16(12-20(19)29-2)22(27)25-10-9-23-18(13-25)15-3-6-17-14(11-15)5-8-21(26)24-17/h3-4,6-7,9-12,18,23H,5,8,13H2,1-2H3,(H,24,26). The average molecular weight is 393 g/mol. The first-order valence-corrected chi connectivity index (χ1v) is 9.47. The van der Waals surface area contributed by atoms with Crippen LogP contribution in [0.25, 0.3) is 0 Å². The number of hydrogen-bond donors (Lipinski definition) is 2. The van der Waals surface area contributed by atoms with Gasteiger partial charge in [-0.1, -0.05) is 12.1 Å². The number of ether oxygens (including phenoxy) is 2. The SMILES string of the molecule is COc1ccc(C(=O)N2C=CNC(c3ccc4c(c3)CCC(=O)N4)C2)cc1OC. The van der Waals surface area contributed by atoms with Crippen LogP contribution in [0.15, 0.2) is 48.8 Å². The van der Waals surface area contributed by atoms with E-state index in [9.17, 15) is 9.59 Å². The lowest BCUT2D eigenvalue weighted by Gasteiger charge is -2.30. The normalized spacial score (nSPS) is 17.8. The second kappa shape index (κ2) is 7.87. The minimum absolute atomic E-state index is 0.0352. The second-order valence-electron chi connectivity index (χ2n) is 7.03. The molecule has 0 saturated heterocycles. The molecule has 0 aromatic heterocycles. The molecule has 1 atom stereocenters. The number of rotatable bonds is 4. The molecule has 0 spiro atoms. The van der Waals surface area contributed by atoms with Crippen molar-refractivity contribution in [3.05, 3.63) is 65.5 Å². The molecule has 0 radical (unpaired) electrons. The predicted molar refractivity (Wildman–Crippen MR) is 109 cm³/mol. The number of carbonyl (C=O) groups excluding carboxylic acids is 2. The quantitative estimate of drug-likeness (QED) is 0.835. The topological polar surface area (TPSA) is 79.9 Å². The van der Waals surface area contributed by atoms with Gasteiger partial charge in [0.15, 0.2) is 11.5 Å². The van der Waals surface area contributed by atoms with Gasteiger partial charge in [0.05, 0.1) is 26.8 Å². The minimum atomic E-state index is -0.112. The van der Waals surface area contributed by atoms with Crippen LogP contribution in [-0.2, 0) is 11.2 Å². The maximum atomic E-state index is 13.0. The van der Waals surface area contributed by atoms with Gasteiger partial charge in [-0.25, -0.2) is 0 Å². The molecule has 2 N–H and O–H groups in total. The van der Waals surface area contributed by atoms with Crippen molar-refractivity contribution < 1.29 is 19.1 Å². The van der Waals surface area contributed by atoms with Gasteiger partial charge >= 0.3 is 0 Å². The number of nitrogens with zero attached hydrogens (tertiary/aromatic N) is 1. The van der Waals surface area contributed by atoms with Gasteiger partial charge in [0.1, 0.15) is 0 Å². The molecule has 0 fully saturated rings. The Labute approximate surface area is 169 Å². The van der Waals surface area contributed by atoms with E-state index in [2.05, 4.69) is 16.7 Å². The molecular weight excluding hydrogens is 370 g/mol. The van der Waals surface area contributed by atoms with Crippen molar-refractivity contribution in [3.8, 4) is 11.5 Å². The second-order valence-corrected chi connectivity index (χ2v) is 7.03. The van der Waals surface area contributed by atoms with Gasteiger partial charge in [0, 0.05) is 30.1 Å². The summed E-state index contributed by atoms with van der Waals surface area (Å²) in [6.07, 6.45) is 4.76. The molecule has 2 aromatic rings. The van der Waals surface area contributed by atoms with Crippen molar-refractivity contribution >= 4 is 17.5 Å². The number of aryl methyl sites for hydroxylation is 1. The Bertz CT molecular complexity index is 986. The van der Waals surface area contributed by atoms with Gasteiger partial charge in [0.2, 0.25) is 5.91 Å². The molecule has 2 heterocycles. The van der Waals surface area contributed by atoms with Crippen molar-refractivity contribution in [2.24, 2.45) is 0 Å². The highest BCUT2D eigenvalue weighted by atomic mass is 16.5. The number of fused-ring (bicyclic) bond motifs is 1. The van der Waals surface area contributed by atoms with Crippen LogP contribution in [0.1, 0.15) is 33.9 Å². The third-order valence-electron chi connectivity index (χ3n) is 5.25. The van der Waals surface area contributed by atoms with Crippen LogP contribution in [0.3, 0.4) is 0 Å². The van der Waals surface area contributed by atoms with E-state index in [0.717, 1.165) is 23.2 Å². The summed E-state index contributed by atoms with van der Waals surface area (Å²) in [6, 6.07) is 11.1. The van der Waals surface area contributed by atoms with Gasteiger partial charge < -0.3 is 25.0 Å². The summed E-state index contributed by atoms with van der Waals surface area (Å²) >= 11 is 0. The van der Waals surface area contributed by atoms with Crippen LogP contribution < -0.4 is 20.1 Å². The van der Waals surface area contributed by atoms with Crippen LogP contribution in [0.4, 0.5) is 5.69 Å². The van der Waals surface area contributed by atoms with Crippen molar-refractivity contribution in [2.45, 2.75) is 18.9 Å². The van der Waals surface area contributed by atoms with Crippen LogP contribution in [-0.4, -0.2) is 37.5 Å². The number of benzene rings is 2. The third-order valence-corrected chi connectivity index (χ3v) is 5.25. The fourth-order valence-corrected chi connectivity index (χ4v) is 3.67. The van der Waals surface area contributed by atoms with E-state index in [1.54, 1.807) is 49.7 Å². The first-order valence-electron chi connectivity index (χ1n) is 9.47. The molecular formula is C22H23N3O4. The summed E-state index contributed by atoms with van der Waals surface area (Å²) in [5.41, 5.74) is 3.60. The Morgan fingerprint density at radius 3 is 2.69 bits per heavy atom. The molecule has 2 aromatic carbocycles. The van der Waals surface area contributed by atoms with Crippen molar-refractivity contribution in [1.82, 2.24) is 10.2 Å². The lowest BCUT2D eigenvalue weighted by molar-refractivity contribution is -0.116. The maximum Gasteiger partial charge on any atom is 0.258 e. The molecule has 2 aliphatic rings. The number of anilines is 1. The van der Waals surface area contributed by atoms with Crippen LogP contribution >= 0.6 is 0 Å². The zero-order valence-electron chi connectivity index (χ0n) is 16.4. The van der Waals surface area contributed by atoms with Crippen LogP contribution in [0, 0.1) is 0 Å². The summed E-state index contributed by atoms with van der Waals surface area (Å²) in [6.45, 7) is 0.495. The number of carbonyl (C=O) groups is 2. The molecule has 29 heavy (non-hydrogen) atoms. The number of hydrogen-bond acceptors (Lipinski definition) is 5. The fraction of sp³-hybridized carbons (Fsp3) is 0.273. The summed E-state index contributed by atoms with van der Waals surface area (Å²) in [4.78, 5) is 26.3. The van der Waals surface area contributed by atoms with Gasteiger partial charge in [-0.05, 0) is 41.8 Å².